The number of rotatable bonds is 5. The molecular formula is C19H29N3O. The summed E-state index contributed by atoms with van der Waals surface area (Å²) < 4.78 is 0. The predicted octanol–water partition coefficient (Wildman–Crippen LogP) is 2.11. The number of likely N-dealkylation sites (N-methyl/N-ethyl adjacent to an activating group) is 1. The number of carbonyl (C=O) groups excluding carboxylic acids is 1. The van der Waals surface area contributed by atoms with Crippen LogP contribution in [0.2, 0.25) is 0 Å². The fourth-order valence-corrected chi connectivity index (χ4v) is 3.85. The molecule has 0 aliphatic carbocycles. The van der Waals surface area contributed by atoms with Crippen molar-refractivity contribution in [3.05, 3.63) is 35.9 Å². The number of amides is 1. The number of hydrogen-bond donors (Lipinski definition) is 1. The fraction of sp³-hybridized carbons (Fsp3) is 0.632. The van der Waals surface area contributed by atoms with Gasteiger partial charge in [0.05, 0.1) is 6.04 Å². The van der Waals surface area contributed by atoms with Crippen LogP contribution >= 0.6 is 0 Å². The Morgan fingerprint density at radius 3 is 2.83 bits per heavy atom. The number of likely N-dealkylation sites (tertiary alicyclic amines) is 1. The quantitative estimate of drug-likeness (QED) is 0.904. The van der Waals surface area contributed by atoms with Crippen LogP contribution in [0.5, 0.6) is 0 Å². The molecule has 2 heterocycles. The highest BCUT2D eigenvalue weighted by atomic mass is 16.2. The molecule has 0 saturated carbocycles. The topological polar surface area (TPSA) is 35.6 Å². The summed E-state index contributed by atoms with van der Waals surface area (Å²) in [5, 5.41) is 3.36. The second kappa shape index (κ2) is 7.93. The molecular weight excluding hydrogens is 286 g/mol. The van der Waals surface area contributed by atoms with Crippen molar-refractivity contribution in [2.24, 2.45) is 5.92 Å². The van der Waals surface area contributed by atoms with Crippen LogP contribution in [0.25, 0.3) is 0 Å². The number of nitrogens with one attached hydrogen (secondary N) is 1. The zero-order valence-electron chi connectivity index (χ0n) is 14.2. The first-order chi connectivity index (χ1) is 11.2. The van der Waals surface area contributed by atoms with Gasteiger partial charge in [-0.1, -0.05) is 36.8 Å². The molecule has 0 spiro atoms. The summed E-state index contributed by atoms with van der Waals surface area (Å²) in [6.07, 6.45) is 4.56. The van der Waals surface area contributed by atoms with Gasteiger partial charge in [0.2, 0.25) is 5.91 Å². The van der Waals surface area contributed by atoms with Crippen molar-refractivity contribution in [3.8, 4) is 0 Å². The van der Waals surface area contributed by atoms with E-state index < -0.39 is 0 Å². The van der Waals surface area contributed by atoms with Crippen molar-refractivity contribution in [2.45, 2.75) is 38.3 Å². The Kier molecular flexibility index (Phi) is 5.68. The monoisotopic (exact) mass is 315 g/mol. The summed E-state index contributed by atoms with van der Waals surface area (Å²) in [7, 11) is 1.97. The van der Waals surface area contributed by atoms with Crippen molar-refractivity contribution in [1.29, 1.82) is 0 Å². The van der Waals surface area contributed by atoms with Crippen molar-refractivity contribution in [1.82, 2.24) is 15.1 Å². The third-order valence-corrected chi connectivity index (χ3v) is 5.14. The molecule has 4 nitrogen and oxygen atoms in total. The maximum atomic E-state index is 12.5. The van der Waals surface area contributed by atoms with E-state index in [2.05, 4.69) is 40.5 Å². The minimum Gasteiger partial charge on any atom is -0.344 e. The Bertz CT molecular complexity index is 499. The lowest BCUT2D eigenvalue weighted by Gasteiger charge is -2.29. The molecule has 4 heteroatoms. The number of hydrogen-bond acceptors (Lipinski definition) is 3. The Morgan fingerprint density at radius 1 is 1.26 bits per heavy atom. The van der Waals surface area contributed by atoms with Crippen molar-refractivity contribution in [3.63, 3.8) is 0 Å². The third kappa shape index (κ3) is 4.55. The molecule has 2 aliphatic rings. The second-order valence-electron chi connectivity index (χ2n) is 7.10. The van der Waals surface area contributed by atoms with Crippen LogP contribution in [0, 0.1) is 5.92 Å². The summed E-state index contributed by atoms with van der Waals surface area (Å²) in [5.74, 6) is 0.891. The van der Waals surface area contributed by atoms with E-state index in [0.29, 0.717) is 5.92 Å². The zero-order chi connectivity index (χ0) is 16.1. The lowest BCUT2D eigenvalue weighted by molar-refractivity contribution is -0.133. The van der Waals surface area contributed by atoms with Crippen LogP contribution in [0.3, 0.4) is 0 Å². The highest BCUT2D eigenvalue weighted by Crippen LogP contribution is 2.20. The summed E-state index contributed by atoms with van der Waals surface area (Å²) >= 11 is 0. The smallest absolute Gasteiger partial charge is 0.239 e. The maximum Gasteiger partial charge on any atom is 0.239 e. The van der Waals surface area contributed by atoms with Gasteiger partial charge < -0.3 is 10.2 Å². The normalized spacial score (nSPS) is 25.4. The number of carbonyl (C=O) groups is 1. The molecule has 2 aliphatic heterocycles. The van der Waals surface area contributed by atoms with Crippen LogP contribution in [-0.4, -0.2) is 55.0 Å². The summed E-state index contributed by atoms with van der Waals surface area (Å²) in [6, 6.07) is 10.7. The van der Waals surface area contributed by atoms with Crippen LogP contribution in [0.1, 0.15) is 31.2 Å². The van der Waals surface area contributed by atoms with Gasteiger partial charge in [0.15, 0.2) is 0 Å². The van der Waals surface area contributed by atoms with E-state index in [-0.39, 0.29) is 11.9 Å². The average molecular weight is 315 g/mol. The van der Waals surface area contributed by atoms with Crippen molar-refractivity contribution in [2.75, 3.05) is 33.2 Å². The van der Waals surface area contributed by atoms with Gasteiger partial charge in [-0.25, -0.2) is 0 Å². The van der Waals surface area contributed by atoms with Crippen LogP contribution in [0.15, 0.2) is 30.3 Å². The van der Waals surface area contributed by atoms with E-state index in [0.717, 1.165) is 39.1 Å². The predicted molar refractivity (Wildman–Crippen MR) is 93.1 cm³/mol. The number of piperidine rings is 1. The lowest BCUT2D eigenvalue weighted by Crippen LogP contribution is -2.48. The van der Waals surface area contributed by atoms with E-state index in [9.17, 15) is 4.79 Å². The Labute approximate surface area is 139 Å². The van der Waals surface area contributed by atoms with Gasteiger partial charge in [0.1, 0.15) is 0 Å². The van der Waals surface area contributed by atoms with E-state index in [4.69, 9.17) is 0 Å². The van der Waals surface area contributed by atoms with E-state index in [1.165, 1.54) is 24.8 Å². The van der Waals surface area contributed by atoms with Gasteiger partial charge in [-0.2, -0.15) is 0 Å². The molecule has 1 aromatic rings. The molecule has 0 radical (unpaired) electrons. The molecule has 2 saturated heterocycles. The Hall–Kier alpha value is -1.39. The van der Waals surface area contributed by atoms with E-state index in [1.807, 2.05) is 11.9 Å². The van der Waals surface area contributed by atoms with Crippen LogP contribution in [0.4, 0.5) is 0 Å². The molecule has 0 aromatic heterocycles. The SMILES string of the molecule is CN(CC1CCN(Cc2ccccc2)C1)C(=O)[C@H]1CCCCN1. The number of benzene rings is 1. The van der Waals surface area contributed by atoms with E-state index >= 15 is 0 Å². The molecule has 1 unspecified atom stereocenters. The van der Waals surface area contributed by atoms with Gasteiger partial charge in [-0.3, -0.25) is 9.69 Å². The van der Waals surface area contributed by atoms with Gasteiger partial charge in [-0.15, -0.1) is 0 Å². The molecule has 1 aromatic carbocycles. The third-order valence-electron chi connectivity index (χ3n) is 5.14. The molecule has 126 valence electrons. The molecule has 0 bridgehead atoms. The van der Waals surface area contributed by atoms with Crippen LogP contribution in [-0.2, 0) is 11.3 Å². The Morgan fingerprint density at radius 2 is 2.09 bits per heavy atom. The zero-order valence-corrected chi connectivity index (χ0v) is 14.2. The molecule has 1 N–H and O–H groups in total. The minimum absolute atomic E-state index is 0.0515. The average Bonchev–Trinajstić information content (AvgIpc) is 3.02. The first-order valence-corrected chi connectivity index (χ1v) is 8.97. The van der Waals surface area contributed by atoms with Gasteiger partial charge >= 0.3 is 0 Å². The first kappa shape index (κ1) is 16.5. The highest BCUT2D eigenvalue weighted by molar-refractivity contribution is 5.81. The van der Waals surface area contributed by atoms with Crippen molar-refractivity contribution < 1.29 is 4.79 Å². The van der Waals surface area contributed by atoms with Gasteiger partial charge in [0, 0.05) is 26.7 Å². The highest BCUT2D eigenvalue weighted by Gasteiger charge is 2.28. The summed E-state index contributed by atoms with van der Waals surface area (Å²) in [6.45, 7) is 5.15. The standard InChI is InChI=1S/C19H29N3O/c1-21(19(23)18-9-5-6-11-20-18)13-17-10-12-22(15-17)14-16-7-3-2-4-8-16/h2-4,7-8,17-18,20H,5-6,9-15H2,1H3/t17?,18-/m1/s1. The molecule has 3 rings (SSSR count). The molecule has 23 heavy (non-hydrogen) atoms. The van der Waals surface area contributed by atoms with Gasteiger partial charge in [-0.05, 0) is 43.8 Å². The van der Waals surface area contributed by atoms with Gasteiger partial charge in [0.25, 0.3) is 0 Å². The summed E-state index contributed by atoms with van der Waals surface area (Å²) in [4.78, 5) is 17.0. The fourth-order valence-electron chi connectivity index (χ4n) is 3.85. The van der Waals surface area contributed by atoms with E-state index in [1.54, 1.807) is 0 Å². The van der Waals surface area contributed by atoms with Crippen LogP contribution < -0.4 is 5.32 Å². The van der Waals surface area contributed by atoms with Crippen molar-refractivity contribution >= 4 is 5.91 Å². The lowest BCUT2D eigenvalue weighted by atomic mass is 10.0. The minimum atomic E-state index is 0.0515. The molecule has 2 atom stereocenters. The largest absolute Gasteiger partial charge is 0.344 e. The molecule has 2 fully saturated rings. The summed E-state index contributed by atoms with van der Waals surface area (Å²) in [5.41, 5.74) is 1.38. The molecule has 1 amide bonds. The second-order valence-corrected chi connectivity index (χ2v) is 7.10. The Balaban J connectivity index is 1.44. The first-order valence-electron chi connectivity index (χ1n) is 8.97. The number of nitrogens with zero attached hydrogens (tertiary/aromatic N) is 2. The maximum absolute atomic E-state index is 12.5.